The van der Waals surface area contributed by atoms with Crippen LogP contribution in [0.15, 0.2) is 5.38 Å². The largest absolute Gasteiger partial charge is 0.465 e. The summed E-state index contributed by atoms with van der Waals surface area (Å²) in [6, 6.07) is 0. The first-order chi connectivity index (χ1) is 9.41. The number of thiazole rings is 1. The quantitative estimate of drug-likeness (QED) is 0.776. The zero-order valence-electron chi connectivity index (χ0n) is 12.2. The summed E-state index contributed by atoms with van der Waals surface area (Å²) in [4.78, 5) is 27.4. The third-order valence-corrected chi connectivity index (χ3v) is 3.42. The van der Waals surface area contributed by atoms with Crippen LogP contribution in [0.3, 0.4) is 0 Å². The first-order valence-corrected chi connectivity index (χ1v) is 7.32. The number of hydrogen-bond acceptors (Lipinski definition) is 7. The molecule has 7 heteroatoms. The summed E-state index contributed by atoms with van der Waals surface area (Å²) in [5, 5.41) is 5.23. The molecule has 6 nitrogen and oxygen atoms in total. The SMILES string of the molecule is CCOC(=O)CNc1nc(C(C)(C)C(=O)OCC)cs1. The maximum absolute atomic E-state index is 11.9. The van der Waals surface area contributed by atoms with E-state index in [0.29, 0.717) is 24.0 Å². The molecule has 0 saturated carbocycles. The van der Waals surface area contributed by atoms with Gasteiger partial charge < -0.3 is 14.8 Å². The monoisotopic (exact) mass is 300 g/mol. The maximum Gasteiger partial charge on any atom is 0.325 e. The molecule has 20 heavy (non-hydrogen) atoms. The second kappa shape index (κ2) is 7.23. The van der Waals surface area contributed by atoms with E-state index in [9.17, 15) is 9.59 Å². The van der Waals surface area contributed by atoms with Crippen molar-refractivity contribution in [1.82, 2.24) is 4.98 Å². The van der Waals surface area contributed by atoms with Gasteiger partial charge in [-0.15, -0.1) is 11.3 Å². The van der Waals surface area contributed by atoms with Crippen LogP contribution in [0.5, 0.6) is 0 Å². The topological polar surface area (TPSA) is 77.5 Å². The molecule has 1 heterocycles. The molecule has 0 aromatic carbocycles. The van der Waals surface area contributed by atoms with Gasteiger partial charge in [0.05, 0.1) is 18.9 Å². The molecule has 0 aliphatic heterocycles. The van der Waals surface area contributed by atoms with E-state index < -0.39 is 5.41 Å². The van der Waals surface area contributed by atoms with Crippen LogP contribution in [0.4, 0.5) is 5.13 Å². The highest BCUT2D eigenvalue weighted by Gasteiger charge is 2.33. The maximum atomic E-state index is 11.9. The molecule has 0 atom stereocenters. The summed E-state index contributed by atoms with van der Waals surface area (Å²) < 4.78 is 9.84. The molecule has 1 aromatic rings. The van der Waals surface area contributed by atoms with Crippen LogP contribution in [0.2, 0.25) is 0 Å². The van der Waals surface area contributed by atoms with Gasteiger partial charge in [-0.2, -0.15) is 0 Å². The van der Waals surface area contributed by atoms with Crippen LogP contribution in [0.1, 0.15) is 33.4 Å². The molecule has 0 amide bonds. The van der Waals surface area contributed by atoms with Crippen molar-refractivity contribution in [3.05, 3.63) is 11.1 Å². The van der Waals surface area contributed by atoms with Crippen LogP contribution >= 0.6 is 11.3 Å². The van der Waals surface area contributed by atoms with Crippen molar-refractivity contribution >= 4 is 28.4 Å². The standard InChI is InChI=1S/C13H20N2O4S/c1-5-18-10(16)7-14-12-15-9(8-20-12)13(3,4)11(17)19-6-2/h8H,5-7H2,1-4H3,(H,14,15). The van der Waals surface area contributed by atoms with Gasteiger partial charge in [0, 0.05) is 5.38 Å². The summed E-state index contributed by atoms with van der Waals surface area (Å²) in [6.45, 7) is 7.77. The van der Waals surface area contributed by atoms with Gasteiger partial charge in [0.1, 0.15) is 12.0 Å². The van der Waals surface area contributed by atoms with E-state index in [1.807, 2.05) is 0 Å². The average molecular weight is 300 g/mol. The fraction of sp³-hybridized carbons (Fsp3) is 0.615. The first kappa shape index (κ1) is 16.4. The minimum Gasteiger partial charge on any atom is -0.465 e. The molecule has 0 aliphatic carbocycles. The van der Waals surface area contributed by atoms with E-state index >= 15 is 0 Å². The summed E-state index contributed by atoms with van der Waals surface area (Å²) >= 11 is 1.33. The Morgan fingerprint density at radius 2 is 1.95 bits per heavy atom. The molecule has 0 spiro atoms. The summed E-state index contributed by atoms with van der Waals surface area (Å²) in [5.41, 5.74) is -0.191. The lowest BCUT2D eigenvalue weighted by Gasteiger charge is -2.19. The van der Waals surface area contributed by atoms with Crippen LogP contribution < -0.4 is 5.32 Å². The Bertz CT molecular complexity index is 471. The molecule has 1 aromatic heterocycles. The molecule has 0 fully saturated rings. The van der Waals surface area contributed by atoms with Gasteiger partial charge in [-0.1, -0.05) is 0 Å². The molecule has 0 saturated heterocycles. The second-order valence-electron chi connectivity index (χ2n) is 4.54. The number of anilines is 1. The molecule has 112 valence electrons. The second-order valence-corrected chi connectivity index (χ2v) is 5.40. The average Bonchev–Trinajstić information content (AvgIpc) is 2.86. The molecule has 1 rings (SSSR count). The first-order valence-electron chi connectivity index (χ1n) is 6.44. The van der Waals surface area contributed by atoms with E-state index in [2.05, 4.69) is 10.3 Å². The Hall–Kier alpha value is -1.63. The van der Waals surface area contributed by atoms with E-state index in [0.717, 1.165) is 0 Å². The Labute approximate surface area is 122 Å². The number of carbonyl (C=O) groups excluding carboxylic acids is 2. The zero-order valence-corrected chi connectivity index (χ0v) is 13.0. The molecule has 0 unspecified atom stereocenters. The van der Waals surface area contributed by atoms with Crippen molar-refractivity contribution in [3.8, 4) is 0 Å². The highest BCUT2D eigenvalue weighted by Crippen LogP contribution is 2.28. The number of ether oxygens (including phenoxy) is 2. The normalized spacial score (nSPS) is 11.0. The Morgan fingerprint density at radius 1 is 1.30 bits per heavy atom. The van der Waals surface area contributed by atoms with Crippen molar-refractivity contribution < 1.29 is 19.1 Å². The number of carbonyl (C=O) groups is 2. The van der Waals surface area contributed by atoms with Crippen molar-refractivity contribution in [2.24, 2.45) is 0 Å². The van der Waals surface area contributed by atoms with Crippen LogP contribution in [-0.4, -0.2) is 36.7 Å². The smallest absolute Gasteiger partial charge is 0.325 e. The summed E-state index contributed by atoms with van der Waals surface area (Å²) in [7, 11) is 0. The van der Waals surface area contributed by atoms with Gasteiger partial charge >= 0.3 is 11.9 Å². The van der Waals surface area contributed by atoms with Crippen LogP contribution in [0, 0.1) is 0 Å². The van der Waals surface area contributed by atoms with Gasteiger partial charge in [0.25, 0.3) is 0 Å². The van der Waals surface area contributed by atoms with E-state index in [4.69, 9.17) is 9.47 Å². The molecule has 0 radical (unpaired) electrons. The van der Waals surface area contributed by atoms with Crippen molar-refractivity contribution in [2.45, 2.75) is 33.1 Å². The number of nitrogens with one attached hydrogen (secondary N) is 1. The van der Waals surface area contributed by atoms with Crippen molar-refractivity contribution in [2.75, 3.05) is 25.1 Å². The molecule has 0 bridgehead atoms. The van der Waals surface area contributed by atoms with Gasteiger partial charge in [-0.25, -0.2) is 4.98 Å². The lowest BCUT2D eigenvalue weighted by Crippen LogP contribution is -2.31. The van der Waals surface area contributed by atoms with Gasteiger partial charge in [0.2, 0.25) is 0 Å². The summed E-state index contributed by atoms with van der Waals surface area (Å²) in [5.74, 6) is -0.656. The zero-order chi connectivity index (χ0) is 15.2. The summed E-state index contributed by atoms with van der Waals surface area (Å²) in [6.07, 6.45) is 0. The minimum absolute atomic E-state index is 0.0562. The van der Waals surface area contributed by atoms with Gasteiger partial charge in [-0.05, 0) is 27.7 Å². The highest BCUT2D eigenvalue weighted by molar-refractivity contribution is 7.13. The lowest BCUT2D eigenvalue weighted by atomic mass is 9.90. The Kier molecular flexibility index (Phi) is 5.94. The van der Waals surface area contributed by atoms with Crippen molar-refractivity contribution in [1.29, 1.82) is 0 Å². The number of hydrogen-bond donors (Lipinski definition) is 1. The third kappa shape index (κ3) is 4.19. The fourth-order valence-corrected chi connectivity index (χ4v) is 2.30. The molecule has 0 aliphatic rings. The van der Waals surface area contributed by atoms with Crippen LogP contribution in [-0.2, 0) is 24.5 Å². The Balaban J connectivity index is 2.67. The number of nitrogens with zero attached hydrogens (tertiary/aromatic N) is 1. The number of esters is 2. The third-order valence-electron chi connectivity index (χ3n) is 2.62. The predicted molar refractivity (Wildman–Crippen MR) is 76.9 cm³/mol. The molecular weight excluding hydrogens is 280 g/mol. The van der Waals surface area contributed by atoms with E-state index in [1.54, 1.807) is 33.1 Å². The van der Waals surface area contributed by atoms with E-state index in [1.165, 1.54) is 11.3 Å². The lowest BCUT2D eigenvalue weighted by molar-refractivity contribution is -0.149. The Morgan fingerprint density at radius 3 is 2.55 bits per heavy atom. The fourth-order valence-electron chi connectivity index (χ4n) is 1.42. The highest BCUT2D eigenvalue weighted by atomic mass is 32.1. The van der Waals surface area contributed by atoms with Crippen LogP contribution in [0.25, 0.3) is 0 Å². The molecule has 1 N–H and O–H groups in total. The van der Waals surface area contributed by atoms with Crippen molar-refractivity contribution in [3.63, 3.8) is 0 Å². The van der Waals surface area contributed by atoms with E-state index in [-0.39, 0.29) is 18.5 Å². The van der Waals surface area contributed by atoms with Gasteiger partial charge in [-0.3, -0.25) is 9.59 Å². The number of rotatable bonds is 7. The minimum atomic E-state index is -0.809. The number of aromatic nitrogens is 1. The predicted octanol–water partition coefficient (Wildman–Crippen LogP) is 1.96. The molecular formula is C13H20N2O4S. The van der Waals surface area contributed by atoms with Gasteiger partial charge in [0.15, 0.2) is 5.13 Å².